The van der Waals surface area contributed by atoms with Crippen molar-refractivity contribution in [1.29, 1.82) is 0 Å². The van der Waals surface area contributed by atoms with Crippen LogP contribution < -0.4 is 5.32 Å². The molecule has 2 heterocycles. The van der Waals surface area contributed by atoms with E-state index in [1.165, 1.54) is 23.5 Å². The fraction of sp³-hybridized carbons (Fsp3) is 0.389. The number of anilines is 1. The third-order valence-electron chi connectivity index (χ3n) is 4.19. The van der Waals surface area contributed by atoms with E-state index in [4.69, 9.17) is 4.74 Å². The molecular formula is C18H20FN3O3S. The Morgan fingerprint density at radius 2 is 2.15 bits per heavy atom. The fourth-order valence-corrected chi connectivity index (χ4v) is 3.59. The average Bonchev–Trinajstić information content (AvgIpc) is 3.11. The summed E-state index contributed by atoms with van der Waals surface area (Å²) in [5.41, 5.74) is 1.47. The van der Waals surface area contributed by atoms with Gasteiger partial charge in [-0.2, -0.15) is 0 Å². The predicted molar refractivity (Wildman–Crippen MR) is 97.5 cm³/mol. The average molecular weight is 377 g/mol. The minimum absolute atomic E-state index is 0.154. The number of nitrogens with one attached hydrogen (secondary N) is 1. The Morgan fingerprint density at radius 1 is 1.38 bits per heavy atom. The topological polar surface area (TPSA) is 71.5 Å². The van der Waals surface area contributed by atoms with Crippen LogP contribution in [0.5, 0.6) is 0 Å². The van der Waals surface area contributed by atoms with Crippen molar-refractivity contribution in [1.82, 2.24) is 9.88 Å². The van der Waals surface area contributed by atoms with Crippen LogP contribution in [-0.4, -0.2) is 41.6 Å². The number of piperidine rings is 1. The Kier molecular flexibility index (Phi) is 5.82. The van der Waals surface area contributed by atoms with Crippen LogP contribution in [0.4, 0.5) is 14.3 Å². The van der Waals surface area contributed by atoms with Gasteiger partial charge in [-0.3, -0.25) is 4.79 Å². The minimum Gasteiger partial charge on any atom is -0.450 e. The molecule has 1 aliphatic rings. The molecule has 8 heteroatoms. The zero-order valence-electron chi connectivity index (χ0n) is 14.4. The summed E-state index contributed by atoms with van der Waals surface area (Å²) in [5.74, 6) is -0.744. The zero-order chi connectivity index (χ0) is 18.5. The van der Waals surface area contributed by atoms with Crippen LogP contribution >= 0.6 is 11.3 Å². The molecule has 6 nitrogen and oxygen atoms in total. The molecule has 1 fully saturated rings. The number of thiazole rings is 1. The molecule has 26 heavy (non-hydrogen) atoms. The van der Waals surface area contributed by atoms with Gasteiger partial charge in [-0.1, -0.05) is 0 Å². The standard InChI is InChI=1S/C18H20FN3O3S/c1-2-25-18(24)22-9-3-4-13(10-22)16(23)21-17-20-15(11-26-17)12-5-7-14(19)8-6-12/h5-8,11,13H,2-4,9-10H2,1H3,(H,20,21,23)/t13-/m0/s1. The van der Waals surface area contributed by atoms with Crippen LogP contribution in [0.3, 0.4) is 0 Å². The maximum atomic E-state index is 13.0. The van der Waals surface area contributed by atoms with Gasteiger partial charge in [-0.05, 0) is 44.0 Å². The maximum absolute atomic E-state index is 13.0. The van der Waals surface area contributed by atoms with Gasteiger partial charge in [0.2, 0.25) is 5.91 Å². The lowest BCUT2D eigenvalue weighted by atomic mass is 9.97. The van der Waals surface area contributed by atoms with Crippen molar-refractivity contribution in [3.8, 4) is 11.3 Å². The van der Waals surface area contributed by atoms with Gasteiger partial charge in [-0.25, -0.2) is 14.2 Å². The first kappa shape index (κ1) is 18.3. The smallest absolute Gasteiger partial charge is 0.409 e. The van der Waals surface area contributed by atoms with Gasteiger partial charge in [0.05, 0.1) is 18.2 Å². The summed E-state index contributed by atoms with van der Waals surface area (Å²) in [6.07, 6.45) is 1.10. The van der Waals surface area contributed by atoms with Gasteiger partial charge >= 0.3 is 6.09 Å². The Hall–Kier alpha value is -2.48. The number of carbonyl (C=O) groups is 2. The molecule has 1 aromatic heterocycles. The summed E-state index contributed by atoms with van der Waals surface area (Å²) in [6, 6.07) is 6.04. The molecule has 2 amide bonds. The second-order valence-electron chi connectivity index (χ2n) is 6.02. The van der Waals surface area contributed by atoms with Crippen molar-refractivity contribution in [3.05, 3.63) is 35.5 Å². The van der Waals surface area contributed by atoms with Gasteiger partial charge in [0.1, 0.15) is 5.82 Å². The Labute approximate surface area is 155 Å². The van der Waals surface area contributed by atoms with Crippen LogP contribution in [0.1, 0.15) is 19.8 Å². The third-order valence-corrected chi connectivity index (χ3v) is 4.95. The van der Waals surface area contributed by atoms with Gasteiger partial charge in [-0.15, -0.1) is 11.3 Å². The van der Waals surface area contributed by atoms with E-state index in [1.807, 2.05) is 5.38 Å². The molecule has 0 radical (unpaired) electrons. The molecule has 0 aliphatic carbocycles. The number of carbonyl (C=O) groups excluding carboxylic acids is 2. The molecule has 0 unspecified atom stereocenters. The lowest BCUT2D eigenvalue weighted by Crippen LogP contribution is -2.44. The summed E-state index contributed by atoms with van der Waals surface area (Å²) in [4.78, 5) is 30.3. The number of rotatable bonds is 4. The maximum Gasteiger partial charge on any atom is 0.409 e. The molecule has 1 aromatic carbocycles. The van der Waals surface area contributed by atoms with Gasteiger partial charge in [0.25, 0.3) is 0 Å². The highest BCUT2D eigenvalue weighted by Crippen LogP contribution is 2.26. The van der Waals surface area contributed by atoms with E-state index in [9.17, 15) is 14.0 Å². The van der Waals surface area contributed by atoms with Crippen LogP contribution in [-0.2, 0) is 9.53 Å². The van der Waals surface area contributed by atoms with Crippen molar-refractivity contribution in [2.75, 3.05) is 25.0 Å². The van der Waals surface area contributed by atoms with Crippen LogP contribution in [0, 0.1) is 11.7 Å². The Bertz CT molecular complexity index is 778. The van der Waals surface area contributed by atoms with Crippen LogP contribution in [0.15, 0.2) is 29.6 Å². The van der Waals surface area contributed by atoms with Crippen molar-refractivity contribution in [3.63, 3.8) is 0 Å². The monoisotopic (exact) mass is 377 g/mol. The summed E-state index contributed by atoms with van der Waals surface area (Å²) in [6.45, 7) is 3.03. The van der Waals surface area contributed by atoms with E-state index in [0.717, 1.165) is 18.4 Å². The van der Waals surface area contributed by atoms with E-state index < -0.39 is 0 Å². The second-order valence-corrected chi connectivity index (χ2v) is 6.88. The molecular weight excluding hydrogens is 357 g/mol. The molecule has 1 atom stereocenters. The van der Waals surface area contributed by atoms with Crippen LogP contribution in [0.25, 0.3) is 11.3 Å². The number of nitrogens with zero attached hydrogens (tertiary/aromatic N) is 2. The third kappa shape index (κ3) is 4.37. The predicted octanol–water partition coefficient (Wildman–Crippen LogP) is 3.76. The first-order valence-corrected chi connectivity index (χ1v) is 9.39. The van der Waals surface area contributed by atoms with Gasteiger partial charge in [0, 0.05) is 24.0 Å². The fourth-order valence-electron chi connectivity index (χ4n) is 2.86. The highest BCUT2D eigenvalue weighted by Gasteiger charge is 2.29. The highest BCUT2D eigenvalue weighted by molar-refractivity contribution is 7.14. The van der Waals surface area contributed by atoms with Crippen molar-refractivity contribution in [2.24, 2.45) is 5.92 Å². The number of likely N-dealkylation sites (tertiary alicyclic amines) is 1. The lowest BCUT2D eigenvalue weighted by Gasteiger charge is -2.30. The second kappa shape index (κ2) is 8.27. The largest absolute Gasteiger partial charge is 0.450 e. The lowest BCUT2D eigenvalue weighted by molar-refractivity contribution is -0.121. The Balaban J connectivity index is 1.61. The molecule has 1 N–H and O–H groups in total. The highest BCUT2D eigenvalue weighted by atomic mass is 32.1. The zero-order valence-corrected chi connectivity index (χ0v) is 15.2. The van der Waals surface area contributed by atoms with Crippen molar-refractivity contribution < 1.29 is 18.7 Å². The number of benzene rings is 1. The van der Waals surface area contributed by atoms with E-state index in [0.29, 0.717) is 30.5 Å². The normalized spacial score (nSPS) is 17.0. The summed E-state index contributed by atoms with van der Waals surface area (Å²) < 4.78 is 18.0. The molecule has 138 valence electrons. The van der Waals surface area contributed by atoms with E-state index in [2.05, 4.69) is 10.3 Å². The molecule has 3 rings (SSSR count). The summed E-state index contributed by atoms with van der Waals surface area (Å²) in [7, 11) is 0. The van der Waals surface area contributed by atoms with E-state index >= 15 is 0 Å². The van der Waals surface area contributed by atoms with Crippen molar-refractivity contribution >= 4 is 28.5 Å². The van der Waals surface area contributed by atoms with E-state index in [1.54, 1.807) is 24.0 Å². The molecule has 0 bridgehead atoms. The summed E-state index contributed by atoms with van der Waals surface area (Å²) >= 11 is 1.31. The molecule has 1 aliphatic heterocycles. The first-order chi connectivity index (χ1) is 12.6. The first-order valence-electron chi connectivity index (χ1n) is 8.51. The summed E-state index contributed by atoms with van der Waals surface area (Å²) in [5, 5.41) is 5.12. The minimum atomic E-state index is -0.377. The van der Waals surface area contributed by atoms with Gasteiger partial charge < -0.3 is 15.0 Å². The number of halogens is 1. The SMILES string of the molecule is CCOC(=O)N1CCC[C@H](C(=O)Nc2nc(-c3ccc(F)cc3)cs2)C1. The molecule has 0 saturated carbocycles. The number of ether oxygens (including phenoxy) is 1. The number of aromatic nitrogens is 1. The van der Waals surface area contributed by atoms with E-state index in [-0.39, 0.29) is 23.7 Å². The van der Waals surface area contributed by atoms with Crippen LogP contribution in [0.2, 0.25) is 0 Å². The van der Waals surface area contributed by atoms with Gasteiger partial charge in [0.15, 0.2) is 5.13 Å². The molecule has 2 aromatic rings. The number of hydrogen-bond acceptors (Lipinski definition) is 5. The Morgan fingerprint density at radius 3 is 2.88 bits per heavy atom. The molecule has 0 spiro atoms. The molecule has 1 saturated heterocycles. The van der Waals surface area contributed by atoms with Crippen molar-refractivity contribution in [2.45, 2.75) is 19.8 Å². The number of hydrogen-bond donors (Lipinski definition) is 1. The number of amides is 2. The quantitative estimate of drug-likeness (QED) is 0.881.